The zero-order valence-corrected chi connectivity index (χ0v) is 8.79. The highest BCUT2D eigenvalue weighted by Gasteiger charge is 2.17. The van der Waals surface area contributed by atoms with E-state index in [9.17, 15) is 10.1 Å². The summed E-state index contributed by atoms with van der Waals surface area (Å²) in [5.74, 6) is -0.0284. The van der Waals surface area contributed by atoms with Crippen molar-refractivity contribution in [3.63, 3.8) is 0 Å². The van der Waals surface area contributed by atoms with Gasteiger partial charge in [0.1, 0.15) is 14.7 Å². The van der Waals surface area contributed by atoms with Gasteiger partial charge in [-0.3, -0.25) is 10.1 Å². The highest BCUT2D eigenvalue weighted by molar-refractivity contribution is 9.11. The first-order valence-corrected chi connectivity index (χ1v) is 4.43. The van der Waals surface area contributed by atoms with E-state index in [1.165, 1.54) is 12.1 Å². The van der Waals surface area contributed by atoms with Crippen molar-refractivity contribution in [2.45, 2.75) is 0 Å². The van der Waals surface area contributed by atoms with E-state index in [0.717, 1.165) is 0 Å². The molecule has 1 aromatic carbocycles. The zero-order valence-electron chi connectivity index (χ0n) is 5.62. The summed E-state index contributed by atoms with van der Waals surface area (Å²) in [6, 6.07) is 2.53. The third-order valence-electron chi connectivity index (χ3n) is 1.18. The van der Waals surface area contributed by atoms with Crippen LogP contribution in [0.25, 0.3) is 0 Å². The molecule has 0 aliphatic heterocycles. The molecule has 1 N–H and O–H groups in total. The van der Waals surface area contributed by atoms with E-state index in [1.54, 1.807) is 0 Å². The molecule has 0 fully saturated rings. The van der Waals surface area contributed by atoms with Gasteiger partial charge >= 0.3 is 0 Å². The molecule has 0 aliphatic rings. The largest absolute Gasteiger partial charge is 0.508 e. The van der Waals surface area contributed by atoms with Gasteiger partial charge in [-0.25, -0.2) is 0 Å². The van der Waals surface area contributed by atoms with Gasteiger partial charge in [-0.1, -0.05) is 0 Å². The monoisotopic (exact) mass is 295 g/mol. The molecule has 64 valence electrons. The Balaban J connectivity index is 3.38. The van der Waals surface area contributed by atoms with Crippen molar-refractivity contribution in [3.8, 4) is 5.75 Å². The topological polar surface area (TPSA) is 63.4 Å². The van der Waals surface area contributed by atoms with Crippen molar-refractivity contribution >= 4 is 37.5 Å². The number of halogens is 2. The maximum absolute atomic E-state index is 10.4. The van der Waals surface area contributed by atoms with Gasteiger partial charge < -0.3 is 5.11 Å². The van der Waals surface area contributed by atoms with Gasteiger partial charge in [0.05, 0.1) is 4.92 Å². The fourth-order valence-corrected chi connectivity index (χ4v) is 2.18. The molecule has 0 aromatic heterocycles. The van der Waals surface area contributed by atoms with Crippen LogP contribution < -0.4 is 0 Å². The summed E-state index contributed by atoms with van der Waals surface area (Å²) in [6.45, 7) is 0. The predicted octanol–water partition coefficient (Wildman–Crippen LogP) is 2.83. The summed E-state index contributed by atoms with van der Waals surface area (Å²) >= 11 is 5.93. The lowest BCUT2D eigenvalue weighted by Crippen LogP contribution is -1.90. The van der Waals surface area contributed by atoms with Crippen LogP contribution in [0.5, 0.6) is 5.75 Å². The molecule has 0 radical (unpaired) electrons. The second kappa shape index (κ2) is 3.40. The molecule has 1 rings (SSSR count). The number of nitro groups is 1. The minimum absolute atomic E-state index is 0.0284. The maximum atomic E-state index is 10.4. The molecule has 0 spiro atoms. The highest BCUT2D eigenvalue weighted by Crippen LogP contribution is 2.36. The molecule has 6 heteroatoms. The Hall–Kier alpha value is -0.620. The molecule has 0 saturated carbocycles. The van der Waals surface area contributed by atoms with E-state index in [2.05, 4.69) is 31.9 Å². The van der Waals surface area contributed by atoms with Gasteiger partial charge in [0, 0.05) is 12.1 Å². The summed E-state index contributed by atoms with van der Waals surface area (Å²) in [7, 11) is 0. The van der Waals surface area contributed by atoms with E-state index >= 15 is 0 Å². The van der Waals surface area contributed by atoms with E-state index < -0.39 is 4.92 Å². The zero-order chi connectivity index (χ0) is 9.30. The number of phenols is 1. The number of benzene rings is 1. The Kier molecular flexibility index (Phi) is 2.69. The van der Waals surface area contributed by atoms with Crippen LogP contribution >= 0.6 is 31.9 Å². The van der Waals surface area contributed by atoms with Crippen molar-refractivity contribution < 1.29 is 10.0 Å². The molecule has 0 aliphatic carbocycles. The molecular formula is C6H3Br2NO3. The molecule has 0 saturated heterocycles. The second-order valence-electron chi connectivity index (χ2n) is 2.02. The molecule has 0 amide bonds. The molecule has 0 atom stereocenters. The fourth-order valence-electron chi connectivity index (χ4n) is 0.727. The SMILES string of the molecule is O=[N+]([O-])c1c(Br)cc(O)cc1Br. The van der Waals surface area contributed by atoms with Crippen LogP contribution in [-0.4, -0.2) is 10.0 Å². The van der Waals surface area contributed by atoms with Gasteiger partial charge in [0.15, 0.2) is 0 Å². The summed E-state index contributed by atoms with van der Waals surface area (Å²) in [4.78, 5) is 9.88. The minimum Gasteiger partial charge on any atom is -0.508 e. The molecule has 0 bridgehead atoms. The van der Waals surface area contributed by atoms with Crippen LogP contribution in [0.2, 0.25) is 0 Å². The van der Waals surface area contributed by atoms with Crippen LogP contribution in [0.4, 0.5) is 5.69 Å². The van der Waals surface area contributed by atoms with E-state index in [1.807, 2.05) is 0 Å². The smallest absolute Gasteiger partial charge is 0.297 e. The molecule has 4 nitrogen and oxygen atoms in total. The maximum Gasteiger partial charge on any atom is 0.297 e. The first-order valence-electron chi connectivity index (χ1n) is 2.85. The normalized spacial score (nSPS) is 9.83. The number of hydrogen-bond donors (Lipinski definition) is 1. The van der Waals surface area contributed by atoms with Gasteiger partial charge in [-0.05, 0) is 31.9 Å². The first-order chi connectivity index (χ1) is 5.52. The average molecular weight is 297 g/mol. The van der Waals surface area contributed by atoms with E-state index in [4.69, 9.17) is 5.11 Å². The molecular weight excluding hydrogens is 294 g/mol. The third kappa shape index (κ3) is 1.75. The molecule has 12 heavy (non-hydrogen) atoms. The first kappa shape index (κ1) is 9.47. The van der Waals surface area contributed by atoms with E-state index in [-0.39, 0.29) is 20.4 Å². The van der Waals surface area contributed by atoms with Gasteiger partial charge in [-0.15, -0.1) is 0 Å². The number of phenolic OH excluding ortho intramolecular Hbond substituents is 1. The van der Waals surface area contributed by atoms with Crippen LogP contribution in [0.3, 0.4) is 0 Å². The lowest BCUT2D eigenvalue weighted by Gasteiger charge is -1.98. The van der Waals surface area contributed by atoms with Crippen molar-refractivity contribution in [2.75, 3.05) is 0 Å². The van der Waals surface area contributed by atoms with Gasteiger partial charge in [0.2, 0.25) is 0 Å². The Labute approximate surface area is 84.6 Å². The lowest BCUT2D eigenvalue weighted by atomic mass is 10.3. The molecule has 0 heterocycles. The minimum atomic E-state index is -0.534. The van der Waals surface area contributed by atoms with Crippen molar-refractivity contribution in [1.29, 1.82) is 0 Å². The van der Waals surface area contributed by atoms with Crippen molar-refractivity contribution in [3.05, 3.63) is 31.2 Å². The van der Waals surface area contributed by atoms with Crippen LogP contribution in [0.1, 0.15) is 0 Å². The van der Waals surface area contributed by atoms with E-state index in [0.29, 0.717) is 0 Å². The Morgan fingerprint density at radius 3 is 2.08 bits per heavy atom. The van der Waals surface area contributed by atoms with Gasteiger partial charge in [-0.2, -0.15) is 0 Å². The fraction of sp³-hybridized carbons (Fsp3) is 0. The second-order valence-corrected chi connectivity index (χ2v) is 3.72. The summed E-state index contributed by atoms with van der Waals surface area (Å²) < 4.78 is 0.499. The third-order valence-corrected chi connectivity index (χ3v) is 2.39. The number of hydrogen-bond acceptors (Lipinski definition) is 3. The number of nitrogens with zero attached hydrogens (tertiary/aromatic N) is 1. The molecule has 1 aromatic rings. The Bertz CT molecular complexity index is 317. The summed E-state index contributed by atoms with van der Waals surface area (Å²) in [6.07, 6.45) is 0. The Morgan fingerprint density at radius 1 is 1.33 bits per heavy atom. The quantitative estimate of drug-likeness (QED) is 0.640. The standard InChI is InChI=1S/C6H3Br2NO3/c7-4-1-3(10)2-5(8)6(4)9(11)12/h1-2,10H. The van der Waals surface area contributed by atoms with Crippen molar-refractivity contribution in [1.82, 2.24) is 0 Å². The van der Waals surface area contributed by atoms with Crippen LogP contribution in [0, 0.1) is 10.1 Å². The van der Waals surface area contributed by atoms with Crippen LogP contribution in [-0.2, 0) is 0 Å². The lowest BCUT2D eigenvalue weighted by molar-refractivity contribution is -0.386. The number of rotatable bonds is 1. The molecule has 0 unspecified atom stereocenters. The van der Waals surface area contributed by atoms with Crippen LogP contribution in [0.15, 0.2) is 21.1 Å². The predicted molar refractivity (Wildman–Crippen MR) is 50.2 cm³/mol. The number of nitro benzene ring substituents is 1. The van der Waals surface area contributed by atoms with Crippen molar-refractivity contribution in [2.24, 2.45) is 0 Å². The number of aromatic hydroxyl groups is 1. The highest BCUT2D eigenvalue weighted by atomic mass is 79.9. The summed E-state index contributed by atoms with van der Waals surface area (Å²) in [5, 5.41) is 19.4. The Morgan fingerprint density at radius 2 is 1.75 bits per heavy atom. The van der Waals surface area contributed by atoms with Gasteiger partial charge in [0.25, 0.3) is 5.69 Å². The summed E-state index contributed by atoms with van der Waals surface area (Å²) in [5.41, 5.74) is -0.0900. The average Bonchev–Trinajstić information content (AvgIpc) is 1.82.